The Morgan fingerprint density at radius 1 is 0.509 bits per heavy atom. The number of pyridine rings is 2. The van der Waals surface area contributed by atoms with E-state index in [2.05, 4.69) is 185 Å². The molecule has 0 bridgehead atoms. The predicted molar refractivity (Wildman–Crippen MR) is 223 cm³/mol. The molecule has 0 aliphatic heterocycles. The van der Waals surface area contributed by atoms with Crippen molar-refractivity contribution < 1.29 is 26.2 Å². The monoisotopic (exact) mass is 766 g/mol. The largest absolute Gasteiger partial charge is 2.00 e. The van der Waals surface area contributed by atoms with Gasteiger partial charge in [-0.15, -0.1) is 69.1 Å². The molecule has 2 aromatic heterocycles. The maximum Gasteiger partial charge on any atom is 2.00 e. The summed E-state index contributed by atoms with van der Waals surface area (Å²) < 4.78 is 0. The average Bonchev–Trinajstić information content (AvgIpc) is 3.83. The summed E-state index contributed by atoms with van der Waals surface area (Å²) in [5.74, 6) is 1.22. The molecule has 3 heteroatoms. The fourth-order valence-electron chi connectivity index (χ4n) is 7.00. The minimum Gasteiger partial charge on any atom is -0.295 e. The number of rotatable bonds is 8. The van der Waals surface area contributed by atoms with Gasteiger partial charge in [0.15, 0.2) is 0 Å². The van der Waals surface area contributed by atoms with Crippen molar-refractivity contribution in [1.82, 2.24) is 9.97 Å². The number of fused-ring (bicyclic) bond motifs is 2. The number of benzene rings is 4. The number of aromatic nitrogens is 2. The summed E-state index contributed by atoms with van der Waals surface area (Å²) in [5, 5.41) is 5.12. The van der Waals surface area contributed by atoms with Crippen molar-refractivity contribution in [3.63, 3.8) is 0 Å². The van der Waals surface area contributed by atoms with Gasteiger partial charge in [0.25, 0.3) is 0 Å². The Bertz CT molecular complexity index is 2220. The first-order valence-electron chi connectivity index (χ1n) is 18.8. The molecule has 53 heavy (non-hydrogen) atoms. The maximum absolute atomic E-state index is 4.59. The molecule has 0 saturated carbocycles. The van der Waals surface area contributed by atoms with Crippen molar-refractivity contribution in [3.05, 3.63) is 168 Å². The molecule has 0 fully saturated rings. The Morgan fingerprint density at radius 3 is 1.25 bits per heavy atom. The van der Waals surface area contributed by atoms with Gasteiger partial charge >= 0.3 is 26.2 Å². The Labute approximate surface area is 334 Å². The normalized spacial score (nSPS) is 12.2. The first-order valence-corrected chi connectivity index (χ1v) is 18.8. The first-order chi connectivity index (χ1) is 25.3. The zero-order valence-corrected chi connectivity index (χ0v) is 34.3. The van der Waals surface area contributed by atoms with Crippen LogP contribution in [0, 0.1) is 13.8 Å². The van der Waals surface area contributed by atoms with E-state index < -0.39 is 0 Å². The third kappa shape index (κ3) is 8.42. The molecule has 0 amide bonds. The second kappa shape index (κ2) is 17.0. The van der Waals surface area contributed by atoms with Gasteiger partial charge in [0.2, 0.25) is 0 Å². The molecule has 2 unspecified atom stereocenters. The summed E-state index contributed by atoms with van der Waals surface area (Å²) in [6, 6.07) is 48.7. The fraction of sp³-hybridized carbons (Fsp3) is 0.200. The molecule has 0 aliphatic carbocycles. The van der Waals surface area contributed by atoms with E-state index in [1.165, 1.54) is 90.0 Å². The van der Waals surface area contributed by atoms with Gasteiger partial charge in [-0.3, -0.25) is 9.97 Å². The molecule has 2 nitrogen and oxygen atoms in total. The van der Waals surface area contributed by atoms with E-state index in [1.54, 1.807) is 0 Å². The minimum atomic E-state index is 0. The molecule has 6 aromatic carbocycles. The van der Waals surface area contributed by atoms with Gasteiger partial charge in [0.05, 0.1) is 0 Å². The predicted octanol–water partition coefficient (Wildman–Crippen LogP) is 14.2. The van der Waals surface area contributed by atoms with Gasteiger partial charge in [-0.25, -0.2) is 0 Å². The summed E-state index contributed by atoms with van der Waals surface area (Å²) in [4.78, 5) is 9.17. The van der Waals surface area contributed by atoms with Crippen molar-refractivity contribution in [2.45, 2.75) is 66.2 Å². The number of aryl methyl sites for hydroxylation is 2. The SMILES string of the molecule is CCC(C)c1ccc(-c2cccc3[cH-]c(-c4ccc(C)cn4)cc23)cc1.CCC(C)c1ccc(-c2cccc3[cH-]c(-c4ccc(C)cn4)cc23)cc1.[Zr+2]. The molecular weight excluding hydrogens is 720 g/mol. The molecule has 0 spiro atoms. The number of hydrogen-bond acceptors (Lipinski definition) is 2. The molecule has 2 heterocycles. The molecule has 0 saturated heterocycles. The van der Waals surface area contributed by atoms with Crippen LogP contribution in [0.3, 0.4) is 0 Å². The smallest absolute Gasteiger partial charge is 0.295 e. The van der Waals surface area contributed by atoms with Crippen molar-refractivity contribution in [1.29, 1.82) is 0 Å². The molecule has 0 radical (unpaired) electrons. The van der Waals surface area contributed by atoms with Gasteiger partial charge in [0, 0.05) is 23.8 Å². The van der Waals surface area contributed by atoms with Gasteiger partial charge in [-0.1, -0.05) is 136 Å². The van der Waals surface area contributed by atoms with Crippen LogP contribution in [0.1, 0.15) is 74.6 Å². The van der Waals surface area contributed by atoms with Crippen LogP contribution in [0.5, 0.6) is 0 Å². The van der Waals surface area contributed by atoms with E-state index >= 15 is 0 Å². The van der Waals surface area contributed by atoms with Crippen LogP contribution in [-0.2, 0) is 26.2 Å². The summed E-state index contributed by atoms with van der Waals surface area (Å²) >= 11 is 0. The quantitative estimate of drug-likeness (QED) is 0.144. The summed E-state index contributed by atoms with van der Waals surface area (Å²) in [5.41, 5.74) is 14.8. The van der Waals surface area contributed by atoms with Crippen LogP contribution in [-0.4, -0.2) is 9.97 Å². The second-order valence-corrected chi connectivity index (χ2v) is 14.4. The summed E-state index contributed by atoms with van der Waals surface area (Å²) in [6.07, 6.45) is 6.21. The van der Waals surface area contributed by atoms with Gasteiger partial charge < -0.3 is 0 Å². The van der Waals surface area contributed by atoms with Crippen molar-refractivity contribution in [3.8, 4) is 44.8 Å². The van der Waals surface area contributed by atoms with E-state index in [1.807, 2.05) is 12.4 Å². The molecular formula is C50H48N2Zr. The Morgan fingerprint density at radius 2 is 0.906 bits per heavy atom. The zero-order valence-electron chi connectivity index (χ0n) is 31.8. The number of hydrogen-bond donors (Lipinski definition) is 0. The molecule has 262 valence electrons. The van der Waals surface area contributed by atoms with E-state index in [4.69, 9.17) is 0 Å². The van der Waals surface area contributed by atoms with Crippen molar-refractivity contribution >= 4 is 21.5 Å². The third-order valence-corrected chi connectivity index (χ3v) is 10.7. The van der Waals surface area contributed by atoms with Crippen LogP contribution >= 0.6 is 0 Å². The van der Waals surface area contributed by atoms with Gasteiger partial charge in [0.1, 0.15) is 0 Å². The van der Waals surface area contributed by atoms with Crippen LogP contribution < -0.4 is 0 Å². The van der Waals surface area contributed by atoms with Crippen LogP contribution in [0.4, 0.5) is 0 Å². The van der Waals surface area contributed by atoms with Crippen LogP contribution in [0.25, 0.3) is 66.3 Å². The van der Waals surface area contributed by atoms with Gasteiger partial charge in [-0.2, -0.15) is 0 Å². The van der Waals surface area contributed by atoms with E-state index in [0.29, 0.717) is 11.8 Å². The van der Waals surface area contributed by atoms with E-state index in [9.17, 15) is 0 Å². The van der Waals surface area contributed by atoms with Crippen molar-refractivity contribution in [2.24, 2.45) is 0 Å². The molecule has 0 N–H and O–H groups in total. The first kappa shape index (κ1) is 38.0. The second-order valence-electron chi connectivity index (χ2n) is 14.4. The van der Waals surface area contributed by atoms with Crippen molar-refractivity contribution in [2.75, 3.05) is 0 Å². The Kier molecular flexibility index (Phi) is 12.2. The topological polar surface area (TPSA) is 25.8 Å². The standard InChI is InChI=1S/2C25H24N.Zr/c2*1-4-18(3)19-9-11-20(12-10-19)23-7-5-6-21-14-22(15-24(21)23)25-13-8-17(2)16-26-25;/h2*5-16,18H,4H2,1-3H3;/q2*-1;+2. The molecule has 2 atom stereocenters. The molecule has 8 aromatic rings. The Hall–Kier alpha value is -4.72. The van der Waals surface area contributed by atoms with Gasteiger partial charge in [-0.05, 0) is 71.9 Å². The van der Waals surface area contributed by atoms with Crippen LogP contribution in [0.15, 0.2) is 146 Å². The molecule has 8 rings (SSSR count). The number of nitrogens with zero attached hydrogens (tertiary/aromatic N) is 2. The summed E-state index contributed by atoms with van der Waals surface area (Å²) in [7, 11) is 0. The zero-order chi connectivity index (χ0) is 36.2. The third-order valence-electron chi connectivity index (χ3n) is 10.7. The minimum absolute atomic E-state index is 0. The average molecular weight is 768 g/mol. The molecule has 0 aliphatic rings. The fourth-order valence-corrected chi connectivity index (χ4v) is 7.00. The maximum atomic E-state index is 4.59. The Balaban J connectivity index is 0.000000178. The van der Waals surface area contributed by atoms with E-state index in [-0.39, 0.29) is 26.2 Å². The van der Waals surface area contributed by atoms with Crippen LogP contribution in [0.2, 0.25) is 0 Å². The summed E-state index contributed by atoms with van der Waals surface area (Å²) in [6.45, 7) is 13.2. The van der Waals surface area contributed by atoms with E-state index in [0.717, 1.165) is 11.4 Å².